The first-order valence-electron chi connectivity index (χ1n) is 13.3. The summed E-state index contributed by atoms with van der Waals surface area (Å²) in [6.07, 6.45) is 0. The lowest BCUT2D eigenvalue weighted by Crippen LogP contribution is -2.38. The normalized spacial score (nSPS) is 16.6. The Morgan fingerprint density at radius 3 is 2.33 bits per heavy atom. The topological polar surface area (TPSA) is 79.3 Å². The number of Topliss-reactive ketones (excluding diaryl/α,β-unsaturated/α-hetero) is 1. The van der Waals surface area contributed by atoms with Gasteiger partial charge < -0.3 is 24.4 Å². The largest absolute Gasteiger partial charge is 0.507 e. The number of methoxy groups -OCH3 is 1. The van der Waals surface area contributed by atoms with Crippen molar-refractivity contribution in [2.24, 2.45) is 0 Å². The zero-order valence-electron chi connectivity index (χ0n) is 23.0. The molecule has 1 fully saturated rings. The molecule has 4 rings (SSSR count). The Hall–Kier alpha value is -4.10. The summed E-state index contributed by atoms with van der Waals surface area (Å²) in [7, 11) is 1.57. The van der Waals surface area contributed by atoms with Crippen LogP contribution in [0.5, 0.6) is 11.5 Å². The number of benzene rings is 3. The number of hydrogen-bond donors (Lipinski definition) is 1. The van der Waals surface area contributed by atoms with E-state index in [1.54, 1.807) is 48.4 Å². The van der Waals surface area contributed by atoms with Gasteiger partial charge in [-0.25, -0.2) is 0 Å². The van der Waals surface area contributed by atoms with Crippen LogP contribution in [0, 0.1) is 6.92 Å². The molecular weight excluding hydrogens is 492 g/mol. The van der Waals surface area contributed by atoms with Gasteiger partial charge in [0, 0.05) is 18.7 Å². The standard InChI is InChI=1S/C32H36N2O5/c1-5-33(6-2)18-19-34-29(24-12-9-13-27(20-24)38-4)28(31(36)32(34)37)30(35)23-14-16-26(17-15-23)39-21-25-11-8-7-10-22(25)3/h7-17,20,29,35H,5-6,18-19,21H2,1-4H3. The fraction of sp³-hybridized carbons (Fsp3) is 0.312. The van der Waals surface area contributed by atoms with Gasteiger partial charge >= 0.3 is 0 Å². The fourth-order valence-electron chi connectivity index (χ4n) is 4.86. The van der Waals surface area contributed by atoms with Crippen molar-refractivity contribution in [3.8, 4) is 11.5 Å². The molecule has 0 aromatic heterocycles. The Kier molecular flexibility index (Phi) is 9.04. The van der Waals surface area contributed by atoms with Gasteiger partial charge in [-0.15, -0.1) is 0 Å². The minimum Gasteiger partial charge on any atom is -0.507 e. The number of amides is 1. The number of carbonyl (C=O) groups is 2. The van der Waals surface area contributed by atoms with E-state index in [-0.39, 0.29) is 11.3 Å². The van der Waals surface area contributed by atoms with Crippen molar-refractivity contribution in [1.82, 2.24) is 9.80 Å². The van der Waals surface area contributed by atoms with Crippen molar-refractivity contribution in [2.75, 3.05) is 33.3 Å². The molecule has 7 nitrogen and oxygen atoms in total. The van der Waals surface area contributed by atoms with Gasteiger partial charge in [0.05, 0.1) is 18.7 Å². The van der Waals surface area contributed by atoms with Gasteiger partial charge in [0.25, 0.3) is 11.7 Å². The number of hydrogen-bond acceptors (Lipinski definition) is 6. The summed E-state index contributed by atoms with van der Waals surface area (Å²) in [5.41, 5.74) is 3.45. The maximum Gasteiger partial charge on any atom is 0.295 e. The summed E-state index contributed by atoms with van der Waals surface area (Å²) < 4.78 is 11.3. The fourth-order valence-corrected chi connectivity index (χ4v) is 4.86. The molecule has 204 valence electrons. The second-order valence-corrected chi connectivity index (χ2v) is 9.54. The molecule has 1 atom stereocenters. The number of aliphatic hydroxyl groups excluding tert-OH is 1. The number of nitrogens with zero attached hydrogens (tertiary/aromatic N) is 2. The summed E-state index contributed by atoms with van der Waals surface area (Å²) in [5, 5.41) is 11.4. The van der Waals surface area contributed by atoms with E-state index in [0.717, 1.165) is 24.2 Å². The van der Waals surface area contributed by atoms with Crippen LogP contribution in [-0.2, 0) is 16.2 Å². The van der Waals surface area contributed by atoms with Gasteiger partial charge in [-0.1, -0.05) is 50.2 Å². The van der Waals surface area contributed by atoms with E-state index in [1.165, 1.54) is 0 Å². The predicted molar refractivity (Wildman–Crippen MR) is 152 cm³/mol. The third-order valence-electron chi connectivity index (χ3n) is 7.28. The molecule has 3 aromatic carbocycles. The van der Waals surface area contributed by atoms with Crippen LogP contribution in [0.25, 0.3) is 5.76 Å². The minimum atomic E-state index is -0.729. The lowest BCUT2D eigenvalue weighted by atomic mass is 9.95. The van der Waals surface area contributed by atoms with Crippen molar-refractivity contribution >= 4 is 17.4 Å². The van der Waals surface area contributed by atoms with E-state index in [2.05, 4.69) is 18.7 Å². The van der Waals surface area contributed by atoms with Gasteiger partial charge in [0.2, 0.25) is 0 Å². The number of likely N-dealkylation sites (N-methyl/N-ethyl adjacent to an activating group) is 1. The molecule has 1 aliphatic heterocycles. The van der Waals surface area contributed by atoms with E-state index in [9.17, 15) is 14.7 Å². The lowest BCUT2D eigenvalue weighted by Gasteiger charge is -2.28. The minimum absolute atomic E-state index is 0.0707. The van der Waals surface area contributed by atoms with Crippen LogP contribution in [-0.4, -0.2) is 59.9 Å². The lowest BCUT2D eigenvalue weighted by molar-refractivity contribution is -0.140. The van der Waals surface area contributed by atoms with Crippen molar-refractivity contribution in [3.63, 3.8) is 0 Å². The smallest absolute Gasteiger partial charge is 0.295 e. The van der Waals surface area contributed by atoms with Crippen molar-refractivity contribution in [3.05, 3.63) is 101 Å². The van der Waals surface area contributed by atoms with Crippen LogP contribution >= 0.6 is 0 Å². The average Bonchev–Trinajstić information content (AvgIpc) is 3.22. The van der Waals surface area contributed by atoms with Crippen molar-refractivity contribution in [2.45, 2.75) is 33.4 Å². The Balaban J connectivity index is 1.66. The molecule has 0 bridgehead atoms. The maximum absolute atomic E-state index is 13.3. The van der Waals surface area contributed by atoms with E-state index >= 15 is 0 Å². The van der Waals surface area contributed by atoms with Crippen LogP contribution in [0.4, 0.5) is 0 Å². The molecule has 1 N–H and O–H groups in total. The Bertz CT molecular complexity index is 1340. The number of carbonyl (C=O) groups excluding carboxylic acids is 2. The van der Waals surface area contributed by atoms with Crippen LogP contribution in [0.3, 0.4) is 0 Å². The highest BCUT2D eigenvalue weighted by Gasteiger charge is 2.46. The Labute approximate surface area is 230 Å². The number of rotatable bonds is 11. The van der Waals surface area contributed by atoms with E-state index in [1.807, 2.05) is 43.3 Å². The molecule has 0 radical (unpaired) electrons. The molecular formula is C32H36N2O5. The van der Waals surface area contributed by atoms with Gasteiger partial charge in [-0.2, -0.15) is 0 Å². The number of aliphatic hydroxyl groups is 1. The van der Waals surface area contributed by atoms with Crippen LogP contribution in [0.15, 0.2) is 78.4 Å². The maximum atomic E-state index is 13.3. The third kappa shape index (κ3) is 6.15. The van der Waals surface area contributed by atoms with Crippen LogP contribution in [0.1, 0.15) is 42.1 Å². The van der Waals surface area contributed by atoms with Crippen molar-refractivity contribution < 1.29 is 24.2 Å². The quantitative estimate of drug-likeness (QED) is 0.205. The number of ketones is 1. The summed E-state index contributed by atoms with van der Waals surface area (Å²) in [5.74, 6) is -0.276. The molecule has 1 saturated heterocycles. The van der Waals surface area contributed by atoms with E-state index in [0.29, 0.717) is 42.3 Å². The molecule has 1 aliphatic rings. The highest BCUT2D eigenvalue weighted by molar-refractivity contribution is 6.46. The molecule has 39 heavy (non-hydrogen) atoms. The SMILES string of the molecule is CCN(CC)CCN1C(=O)C(=O)C(=C(O)c2ccc(OCc3ccccc3C)cc2)C1c1cccc(OC)c1. The summed E-state index contributed by atoms with van der Waals surface area (Å²) >= 11 is 0. The van der Waals surface area contributed by atoms with Crippen LogP contribution in [0.2, 0.25) is 0 Å². The number of ether oxygens (including phenoxy) is 2. The molecule has 7 heteroatoms. The number of aryl methyl sites for hydroxylation is 1. The summed E-state index contributed by atoms with van der Waals surface area (Å²) in [6, 6.07) is 21.5. The zero-order chi connectivity index (χ0) is 27.9. The highest BCUT2D eigenvalue weighted by atomic mass is 16.5. The second kappa shape index (κ2) is 12.6. The Morgan fingerprint density at radius 2 is 1.67 bits per heavy atom. The zero-order valence-corrected chi connectivity index (χ0v) is 23.0. The molecule has 0 aliphatic carbocycles. The van der Waals surface area contributed by atoms with Gasteiger partial charge in [0.1, 0.15) is 23.9 Å². The first kappa shape index (κ1) is 27.9. The molecule has 3 aromatic rings. The molecule has 1 amide bonds. The predicted octanol–water partition coefficient (Wildman–Crippen LogP) is 5.35. The number of likely N-dealkylation sites (tertiary alicyclic amines) is 1. The molecule has 0 spiro atoms. The molecule has 1 unspecified atom stereocenters. The van der Waals surface area contributed by atoms with Gasteiger partial charge in [-0.3, -0.25) is 9.59 Å². The third-order valence-corrected chi connectivity index (χ3v) is 7.28. The van der Waals surface area contributed by atoms with Gasteiger partial charge in [-0.05, 0) is 73.1 Å². The van der Waals surface area contributed by atoms with E-state index in [4.69, 9.17) is 9.47 Å². The second-order valence-electron chi connectivity index (χ2n) is 9.54. The molecule has 0 saturated carbocycles. The van der Waals surface area contributed by atoms with Crippen molar-refractivity contribution in [1.29, 1.82) is 0 Å². The first-order valence-corrected chi connectivity index (χ1v) is 13.3. The van der Waals surface area contributed by atoms with Crippen LogP contribution < -0.4 is 9.47 Å². The monoisotopic (exact) mass is 528 g/mol. The Morgan fingerprint density at radius 1 is 0.949 bits per heavy atom. The summed E-state index contributed by atoms with van der Waals surface area (Å²) in [4.78, 5) is 30.3. The van der Waals surface area contributed by atoms with E-state index < -0.39 is 17.7 Å². The summed E-state index contributed by atoms with van der Waals surface area (Å²) in [6.45, 7) is 9.23. The first-order chi connectivity index (χ1) is 18.9. The average molecular weight is 529 g/mol. The molecule has 1 heterocycles. The van der Waals surface area contributed by atoms with Gasteiger partial charge in [0.15, 0.2) is 0 Å². The highest BCUT2D eigenvalue weighted by Crippen LogP contribution is 2.40.